The number of aliphatic imine (C=N–C) groups is 1. The smallest absolute Gasteiger partial charge is 0.280 e. The third-order valence-corrected chi connectivity index (χ3v) is 4.35. The normalized spacial score (nSPS) is 12.0. The molecule has 0 saturated carbocycles. The van der Waals surface area contributed by atoms with Crippen molar-refractivity contribution in [3.63, 3.8) is 0 Å². The number of carbonyl (C=O) groups is 1. The van der Waals surface area contributed by atoms with Crippen LogP contribution in [0, 0.1) is 0 Å². The number of unbranched alkanes of at least 4 members (excludes halogenated alkanes) is 1. The molecule has 1 amide bonds. The Morgan fingerprint density at radius 3 is 2.72 bits per heavy atom. The van der Waals surface area contributed by atoms with Gasteiger partial charge in [-0.05, 0) is 37.0 Å². The minimum Gasteiger partial charge on any atom is -0.491 e. The van der Waals surface area contributed by atoms with Gasteiger partial charge in [0.15, 0.2) is 28.4 Å². The highest BCUT2D eigenvalue weighted by Crippen LogP contribution is 2.17. The van der Waals surface area contributed by atoms with E-state index in [0.29, 0.717) is 12.3 Å². The summed E-state index contributed by atoms with van der Waals surface area (Å²) in [7, 11) is 0. The lowest BCUT2D eigenvalue weighted by molar-refractivity contribution is 0.0536. The number of rotatable bonds is 10. The molecule has 32 heavy (non-hydrogen) atoms. The number of aliphatic hydroxyl groups is 2. The zero-order valence-electron chi connectivity index (χ0n) is 17.2. The van der Waals surface area contributed by atoms with Gasteiger partial charge in [0.2, 0.25) is 0 Å². The summed E-state index contributed by atoms with van der Waals surface area (Å²) in [4.78, 5) is 23.8. The van der Waals surface area contributed by atoms with Gasteiger partial charge in [0.25, 0.3) is 5.91 Å². The summed E-state index contributed by atoms with van der Waals surface area (Å²) in [5, 5.41) is 20.4. The predicted molar refractivity (Wildman–Crippen MR) is 125 cm³/mol. The summed E-state index contributed by atoms with van der Waals surface area (Å²) in [6.07, 6.45) is 1.45. The Kier molecular flexibility index (Phi) is 11.5. The van der Waals surface area contributed by atoms with Crippen LogP contribution < -0.4 is 27.3 Å². The molecule has 1 aromatic carbocycles. The van der Waals surface area contributed by atoms with Crippen molar-refractivity contribution in [2.75, 3.05) is 31.2 Å². The third kappa shape index (κ3) is 8.71. The van der Waals surface area contributed by atoms with Crippen molar-refractivity contribution >= 4 is 47.5 Å². The molecular weight excluding hydrogens is 461 g/mol. The van der Waals surface area contributed by atoms with Crippen molar-refractivity contribution in [1.29, 1.82) is 0 Å². The molecule has 1 atom stereocenters. The second-order valence-electron chi connectivity index (χ2n) is 6.61. The number of nitrogens with one attached hydrogen (secondary N) is 1. The van der Waals surface area contributed by atoms with E-state index in [1.54, 1.807) is 6.07 Å². The van der Waals surface area contributed by atoms with E-state index in [0.717, 1.165) is 24.8 Å². The average molecular weight is 488 g/mol. The lowest BCUT2D eigenvalue weighted by Crippen LogP contribution is -2.38. The van der Waals surface area contributed by atoms with Gasteiger partial charge in [-0.25, -0.2) is 9.97 Å². The fourth-order valence-corrected chi connectivity index (χ4v) is 2.63. The molecule has 0 saturated heterocycles. The van der Waals surface area contributed by atoms with Gasteiger partial charge in [-0.3, -0.25) is 15.1 Å². The van der Waals surface area contributed by atoms with Crippen LogP contribution in [-0.4, -0.2) is 57.9 Å². The van der Waals surface area contributed by atoms with E-state index in [9.17, 15) is 9.90 Å². The number of benzene rings is 1. The molecule has 0 aliphatic carbocycles. The average Bonchev–Trinajstić information content (AvgIpc) is 2.74. The molecule has 0 aliphatic rings. The molecule has 9 N–H and O–H groups in total. The number of ether oxygens (including phenoxy) is 1. The van der Waals surface area contributed by atoms with Crippen molar-refractivity contribution in [3.05, 3.63) is 40.7 Å². The van der Waals surface area contributed by atoms with Gasteiger partial charge < -0.3 is 32.2 Å². The van der Waals surface area contributed by atoms with E-state index >= 15 is 0 Å². The number of nitrogen functional groups attached to an aromatic ring is 2. The van der Waals surface area contributed by atoms with Gasteiger partial charge in [-0.15, -0.1) is 12.4 Å². The summed E-state index contributed by atoms with van der Waals surface area (Å²) >= 11 is 5.76. The first-order valence-corrected chi connectivity index (χ1v) is 9.88. The monoisotopic (exact) mass is 487 g/mol. The third-order valence-electron chi connectivity index (χ3n) is 4.07. The molecular formula is C19H27Cl2N7O4. The molecule has 0 radical (unpaired) electrons. The Balaban J connectivity index is 0.00000512. The lowest BCUT2D eigenvalue weighted by Gasteiger charge is -2.11. The van der Waals surface area contributed by atoms with Crippen LogP contribution in [0.1, 0.15) is 28.9 Å². The van der Waals surface area contributed by atoms with Crippen molar-refractivity contribution in [2.24, 2.45) is 10.7 Å². The van der Waals surface area contributed by atoms with Crippen LogP contribution in [0.2, 0.25) is 5.15 Å². The van der Waals surface area contributed by atoms with Gasteiger partial charge in [-0.1, -0.05) is 23.7 Å². The SMILES string of the molecule is Cl.NC(=NCCCCc1cccc(OCC(O)CO)c1)NC(=O)c1nc(Cl)c(N)nc1N. The maximum Gasteiger partial charge on any atom is 0.280 e. The van der Waals surface area contributed by atoms with E-state index in [1.165, 1.54) is 0 Å². The fraction of sp³-hybridized carbons (Fsp3) is 0.368. The molecule has 0 bridgehead atoms. The number of anilines is 2. The van der Waals surface area contributed by atoms with Gasteiger partial charge >= 0.3 is 0 Å². The van der Waals surface area contributed by atoms with Crippen molar-refractivity contribution in [3.8, 4) is 5.75 Å². The Morgan fingerprint density at radius 1 is 1.25 bits per heavy atom. The molecule has 1 unspecified atom stereocenters. The van der Waals surface area contributed by atoms with Crippen LogP contribution in [-0.2, 0) is 6.42 Å². The van der Waals surface area contributed by atoms with Crippen molar-refractivity contribution in [2.45, 2.75) is 25.4 Å². The van der Waals surface area contributed by atoms with Gasteiger partial charge in [-0.2, -0.15) is 0 Å². The second kappa shape index (κ2) is 13.5. The highest BCUT2D eigenvalue weighted by Gasteiger charge is 2.16. The summed E-state index contributed by atoms with van der Waals surface area (Å²) in [6.45, 7) is 0.0897. The fourth-order valence-electron chi connectivity index (χ4n) is 2.50. The molecule has 176 valence electrons. The Bertz CT molecular complexity index is 931. The van der Waals surface area contributed by atoms with E-state index in [2.05, 4.69) is 20.3 Å². The lowest BCUT2D eigenvalue weighted by atomic mass is 10.1. The molecule has 13 heteroatoms. The standard InChI is InChI=1S/C19H26ClN7O4.ClH/c20-15-17(22)26-16(21)14(25-15)18(30)27-19(23)24-7-2-1-4-11-5-3-6-13(8-11)31-10-12(29)9-28;/h3,5-6,8,12,28-29H,1-2,4,7,9-10H2,(H4,21,22,26)(H3,23,24,27,30);1H. The van der Waals surface area contributed by atoms with Gasteiger partial charge in [0.05, 0.1) is 6.61 Å². The van der Waals surface area contributed by atoms with E-state index in [4.69, 9.17) is 38.6 Å². The molecule has 1 heterocycles. The molecule has 2 rings (SSSR count). The number of guanidine groups is 1. The largest absolute Gasteiger partial charge is 0.491 e. The van der Waals surface area contributed by atoms with Gasteiger partial charge in [0.1, 0.15) is 18.5 Å². The molecule has 0 fully saturated rings. The van der Waals surface area contributed by atoms with Crippen LogP contribution in [0.25, 0.3) is 0 Å². The Morgan fingerprint density at radius 2 is 2.00 bits per heavy atom. The Labute approximate surface area is 196 Å². The number of halogens is 2. The van der Waals surface area contributed by atoms with Crippen molar-refractivity contribution in [1.82, 2.24) is 15.3 Å². The molecule has 11 nitrogen and oxygen atoms in total. The second-order valence-corrected chi connectivity index (χ2v) is 6.96. The molecule has 0 spiro atoms. The number of aryl methyl sites for hydroxylation is 1. The minimum atomic E-state index is -0.909. The summed E-state index contributed by atoms with van der Waals surface area (Å²) in [5.74, 6) is -0.366. The van der Waals surface area contributed by atoms with Crippen LogP contribution >= 0.6 is 24.0 Å². The highest BCUT2D eigenvalue weighted by molar-refractivity contribution is 6.31. The van der Waals surface area contributed by atoms with Crippen LogP contribution in [0.4, 0.5) is 11.6 Å². The van der Waals surface area contributed by atoms with E-state index < -0.39 is 12.0 Å². The first kappa shape index (κ1) is 27.2. The number of carbonyl (C=O) groups excluding carboxylic acids is 1. The number of hydrogen-bond donors (Lipinski definition) is 6. The Hall–Kier alpha value is -2.86. The number of nitrogens with two attached hydrogens (primary N) is 3. The zero-order valence-corrected chi connectivity index (χ0v) is 18.8. The quantitative estimate of drug-likeness (QED) is 0.157. The zero-order chi connectivity index (χ0) is 22.8. The summed E-state index contributed by atoms with van der Waals surface area (Å²) in [5.41, 5.74) is 17.7. The summed E-state index contributed by atoms with van der Waals surface area (Å²) in [6, 6.07) is 7.49. The molecule has 2 aromatic rings. The van der Waals surface area contributed by atoms with Crippen LogP contribution in [0.5, 0.6) is 5.75 Å². The van der Waals surface area contributed by atoms with E-state index in [1.807, 2.05) is 18.2 Å². The maximum absolute atomic E-state index is 12.2. The minimum absolute atomic E-state index is 0. The maximum atomic E-state index is 12.2. The number of nitrogens with zero attached hydrogens (tertiary/aromatic N) is 3. The van der Waals surface area contributed by atoms with Gasteiger partial charge in [0, 0.05) is 6.54 Å². The number of aromatic nitrogens is 2. The number of amides is 1. The first-order valence-electron chi connectivity index (χ1n) is 9.50. The van der Waals surface area contributed by atoms with Crippen LogP contribution in [0.15, 0.2) is 29.3 Å². The van der Waals surface area contributed by atoms with Crippen LogP contribution in [0.3, 0.4) is 0 Å². The molecule has 1 aromatic heterocycles. The number of aliphatic hydroxyl groups excluding tert-OH is 2. The van der Waals surface area contributed by atoms with E-state index in [-0.39, 0.29) is 54.1 Å². The van der Waals surface area contributed by atoms with Crippen molar-refractivity contribution < 1.29 is 19.7 Å². The topological polar surface area (TPSA) is 195 Å². The predicted octanol–water partition coefficient (Wildman–Crippen LogP) is 0.516. The summed E-state index contributed by atoms with van der Waals surface area (Å²) < 4.78 is 5.43. The molecule has 0 aliphatic heterocycles. The number of hydrogen-bond acceptors (Lipinski definition) is 9. The highest BCUT2D eigenvalue weighted by atomic mass is 35.5. The first-order chi connectivity index (χ1) is 14.8.